The molecule has 124 valence electrons. The van der Waals surface area contributed by atoms with Gasteiger partial charge in [0.05, 0.1) is 18.2 Å². The number of ether oxygens (including phenoxy) is 1. The van der Waals surface area contributed by atoms with Gasteiger partial charge in [0.1, 0.15) is 0 Å². The summed E-state index contributed by atoms with van der Waals surface area (Å²) in [4.78, 5) is 26.0. The Kier molecular flexibility index (Phi) is 4.81. The largest absolute Gasteiger partial charge is 0.419 e. The highest BCUT2D eigenvalue weighted by Crippen LogP contribution is 2.14. The lowest BCUT2D eigenvalue weighted by Crippen LogP contribution is -2.45. The van der Waals surface area contributed by atoms with Gasteiger partial charge in [0.25, 0.3) is 0 Å². The molecule has 0 aliphatic carbocycles. The van der Waals surface area contributed by atoms with Gasteiger partial charge in [-0.3, -0.25) is 9.36 Å². The molecular formula is C17H22N2O4. The molecule has 6 nitrogen and oxygen atoms in total. The summed E-state index contributed by atoms with van der Waals surface area (Å²) >= 11 is 0. The van der Waals surface area contributed by atoms with Crippen LogP contribution in [0.15, 0.2) is 33.5 Å². The first kappa shape index (κ1) is 15.8. The van der Waals surface area contributed by atoms with Crippen molar-refractivity contribution in [2.75, 3.05) is 19.7 Å². The van der Waals surface area contributed by atoms with E-state index in [-0.39, 0.29) is 17.8 Å². The Bertz CT molecular complexity index is 734. The summed E-state index contributed by atoms with van der Waals surface area (Å²) in [5.74, 6) is -0.233. The summed E-state index contributed by atoms with van der Waals surface area (Å²) in [5, 5.41) is 0. The number of benzene rings is 1. The number of amides is 1. The summed E-state index contributed by atoms with van der Waals surface area (Å²) in [6, 6.07) is 7.34. The predicted molar refractivity (Wildman–Crippen MR) is 86.3 cm³/mol. The molecule has 0 radical (unpaired) electrons. The molecule has 6 heteroatoms. The molecule has 1 atom stereocenters. The molecule has 23 heavy (non-hydrogen) atoms. The minimum absolute atomic E-state index is 0.132. The number of morpholine rings is 1. The quantitative estimate of drug-likeness (QED) is 0.846. The van der Waals surface area contributed by atoms with E-state index in [9.17, 15) is 9.59 Å². The molecule has 1 aliphatic rings. The number of para-hydroxylation sites is 2. The molecule has 0 N–H and O–H groups in total. The van der Waals surface area contributed by atoms with Crippen LogP contribution in [0.5, 0.6) is 0 Å². The normalized spacial score (nSPS) is 18.5. The molecule has 1 aromatic heterocycles. The Hall–Kier alpha value is -2.08. The first-order valence-electron chi connectivity index (χ1n) is 8.16. The Labute approximate surface area is 134 Å². The Morgan fingerprint density at radius 1 is 1.35 bits per heavy atom. The first-order valence-corrected chi connectivity index (χ1v) is 8.16. The number of carbonyl (C=O) groups excluding carboxylic acids is 1. The van der Waals surface area contributed by atoms with Crippen LogP contribution < -0.4 is 5.76 Å². The number of aromatic nitrogens is 1. The van der Waals surface area contributed by atoms with Crippen LogP contribution in [0.1, 0.15) is 26.2 Å². The van der Waals surface area contributed by atoms with Gasteiger partial charge in [-0.05, 0) is 25.0 Å². The van der Waals surface area contributed by atoms with E-state index in [0.717, 1.165) is 11.9 Å². The van der Waals surface area contributed by atoms with Crippen molar-refractivity contribution in [1.82, 2.24) is 9.47 Å². The van der Waals surface area contributed by atoms with E-state index in [0.29, 0.717) is 44.7 Å². The molecule has 2 aromatic rings. The van der Waals surface area contributed by atoms with Gasteiger partial charge >= 0.3 is 5.76 Å². The minimum atomic E-state index is -0.365. The molecule has 3 rings (SSSR count). The molecule has 2 heterocycles. The molecule has 0 saturated carbocycles. The fourth-order valence-corrected chi connectivity index (χ4v) is 2.97. The van der Waals surface area contributed by atoms with Crippen molar-refractivity contribution in [3.63, 3.8) is 0 Å². The van der Waals surface area contributed by atoms with Crippen molar-refractivity contribution in [2.24, 2.45) is 0 Å². The number of fused-ring (bicyclic) bond motifs is 1. The van der Waals surface area contributed by atoms with Crippen LogP contribution in [0.3, 0.4) is 0 Å². The van der Waals surface area contributed by atoms with E-state index in [4.69, 9.17) is 9.15 Å². The third kappa shape index (κ3) is 3.47. The number of nitrogens with zero attached hydrogens (tertiary/aromatic N) is 2. The van der Waals surface area contributed by atoms with Crippen LogP contribution in [0.25, 0.3) is 11.1 Å². The lowest BCUT2D eigenvalue weighted by atomic mass is 10.2. The number of rotatable bonds is 5. The smallest absolute Gasteiger partial charge is 0.408 e. The molecule has 0 spiro atoms. The second-order valence-electron chi connectivity index (χ2n) is 5.83. The van der Waals surface area contributed by atoms with Crippen LogP contribution in [-0.2, 0) is 16.1 Å². The van der Waals surface area contributed by atoms with Gasteiger partial charge in [0.15, 0.2) is 5.58 Å². The number of hydrogen-bond acceptors (Lipinski definition) is 4. The van der Waals surface area contributed by atoms with Crippen LogP contribution in [0.2, 0.25) is 0 Å². The molecule has 1 amide bonds. The van der Waals surface area contributed by atoms with Gasteiger partial charge in [-0.1, -0.05) is 19.1 Å². The molecule has 1 aliphatic heterocycles. The molecule has 1 unspecified atom stereocenters. The van der Waals surface area contributed by atoms with Crippen molar-refractivity contribution in [2.45, 2.75) is 38.8 Å². The fourth-order valence-electron chi connectivity index (χ4n) is 2.97. The second kappa shape index (κ2) is 7.00. The molecule has 1 saturated heterocycles. The van der Waals surface area contributed by atoms with Crippen LogP contribution in [0, 0.1) is 0 Å². The van der Waals surface area contributed by atoms with E-state index in [1.54, 1.807) is 10.6 Å². The average molecular weight is 318 g/mol. The molecule has 1 fully saturated rings. The maximum Gasteiger partial charge on any atom is 0.419 e. The number of oxazole rings is 1. The maximum absolute atomic E-state index is 12.3. The van der Waals surface area contributed by atoms with Gasteiger partial charge in [-0.25, -0.2) is 4.79 Å². The number of hydrogen-bond donors (Lipinski definition) is 0. The average Bonchev–Trinajstić information content (AvgIpc) is 2.90. The van der Waals surface area contributed by atoms with Crippen molar-refractivity contribution < 1.29 is 13.9 Å². The van der Waals surface area contributed by atoms with Gasteiger partial charge in [0, 0.05) is 26.1 Å². The second-order valence-corrected chi connectivity index (χ2v) is 5.83. The Balaban J connectivity index is 1.57. The number of carbonyl (C=O) groups is 1. The van der Waals surface area contributed by atoms with Gasteiger partial charge < -0.3 is 14.1 Å². The fraction of sp³-hybridized carbons (Fsp3) is 0.529. The third-order valence-electron chi connectivity index (χ3n) is 4.29. The van der Waals surface area contributed by atoms with Gasteiger partial charge in [-0.15, -0.1) is 0 Å². The van der Waals surface area contributed by atoms with Gasteiger partial charge in [-0.2, -0.15) is 0 Å². The van der Waals surface area contributed by atoms with Crippen LogP contribution in [-0.4, -0.2) is 41.2 Å². The van der Waals surface area contributed by atoms with E-state index < -0.39 is 0 Å². The van der Waals surface area contributed by atoms with Crippen LogP contribution in [0.4, 0.5) is 0 Å². The lowest BCUT2D eigenvalue weighted by molar-refractivity contribution is -0.139. The standard InChI is InChI=1S/C17H22N2O4/c1-2-13-12-18(10-11-22-13)16(20)8-5-9-19-14-6-3-4-7-15(14)23-17(19)21/h3-4,6-7,13H,2,5,8-12H2,1H3. The van der Waals surface area contributed by atoms with Crippen molar-refractivity contribution in [3.05, 3.63) is 34.8 Å². The summed E-state index contributed by atoms with van der Waals surface area (Å²) in [5.41, 5.74) is 1.37. The Morgan fingerprint density at radius 2 is 2.17 bits per heavy atom. The summed E-state index contributed by atoms with van der Waals surface area (Å²) in [7, 11) is 0. The zero-order valence-corrected chi connectivity index (χ0v) is 13.4. The zero-order valence-electron chi connectivity index (χ0n) is 13.4. The monoisotopic (exact) mass is 318 g/mol. The van der Waals surface area contributed by atoms with Crippen LogP contribution >= 0.6 is 0 Å². The van der Waals surface area contributed by atoms with Crippen molar-refractivity contribution >= 4 is 17.0 Å². The zero-order chi connectivity index (χ0) is 16.2. The lowest BCUT2D eigenvalue weighted by Gasteiger charge is -2.32. The Morgan fingerprint density at radius 3 is 3.00 bits per heavy atom. The summed E-state index contributed by atoms with van der Waals surface area (Å²) < 4.78 is 12.4. The molecule has 1 aromatic carbocycles. The number of aryl methyl sites for hydroxylation is 1. The highest BCUT2D eigenvalue weighted by molar-refractivity contribution is 5.76. The SMILES string of the molecule is CCC1CN(C(=O)CCCn2c(=O)oc3ccccc32)CCO1. The topological polar surface area (TPSA) is 64.7 Å². The van der Waals surface area contributed by atoms with Gasteiger partial charge in [0.2, 0.25) is 5.91 Å². The molecule has 0 bridgehead atoms. The van der Waals surface area contributed by atoms with E-state index in [2.05, 4.69) is 6.92 Å². The third-order valence-corrected chi connectivity index (χ3v) is 4.29. The minimum Gasteiger partial charge on any atom is -0.408 e. The molecular weight excluding hydrogens is 296 g/mol. The first-order chi connectivity index (χ1) is 11.2. The van der Waals surface area contributed by atoms with Crippen molar-refractivity contribution in [1.29, 1.82) is 0 Å². The highest BCUT2D eigenvalue weighted by atomic mass is 16.5. The van der Waals surface area contributed by atoms with E-state index in [1.807, 2.05) is 23.1 Å². The van der Waals surface area contributed by atoms with E-state index >= 15 is 0 Å². The highest BCUT2D eigenvalue weighted by Gasteiger charge is 2.22. The predicted octanol–water partition coefficient (Wildman–Crippen LogP) is 2.01. The maximum atomic E-state index is 12.3. The summed E-state index contributed by atoms with van der Waals surface area (Å²) in [6.07, 6.45) is 2.12. The van der Waals surface area contributed by atoms with E-state index in [1.165, 1.54) is 0 Å². The van der Waals surface area contributed by atoms with Crippen molar-refractivity contribution in [3.8, 4) is 0 Å². The summed E-state index contributed by atoms with van der Waals surface area (Å²) in [6.45, 7) is 4.49.